The topological polar surface area (TPSA) is 60.9 Å². The Bertz CT molecular complexity index is 642. The molecule has 0 radical (unpaired) electrons. The summed E-state index contributed by atoms with van der Waals surface area (Å²) in [5.74, 6) is 0.0571. The van der Waals surface area contributed by atoms with Gasteiger partial charge in [0.1, 0.15) is 0 Å². The molecule has 0 saturated carbocycles. The maximum atomic E-state index is 12.6. The molecule has 1 aromatic carbocycles. The summed E-state index contributed by atoms with van der Waals surface area (Å²) in [6, 6.07) is 6.96. The molecule has 0 atom stereocenters. The van der Waals surface area contributed by atoms with E-state index < -0.39 is 0 Å². The maximum Gasteiger partial charge on any atom is 0.253 e. The number of piperidine rings is 1. The van der Waals surface area contributed by atoms with Crippen LogP contribution in [0.4, 0.5) is 0 Å². The van der Waals surface area contributed by atoms with Crippen molar-refractivity contribution in [3.05, 3.63) is 35.4 Å². The third-order valence-corrected chi connectivity index (χ3v) is 5.03. The van der Waals surface area contributed by atoms with Crippen molar-refractivity contribution in [2.24, 2.45) is 0 Å². The molecule has 6 nitrogen and oxygen atoms in total. The van der Waals surface area contributed by atoms with Gasteiger partial charge in [-0.1, -0.05) is 0 Å². The van der Waals surface area contributed by atoms with E-state index in [9.17, 15) is 14.4 Å². The van der Waals surface area contributed by atoms with Crippen LogP contribution in [0, 0.1) is 0 Å². The zero-order valence-corrected chi connectivity index (χ0v) is 14.7. The summed E-state index contributed by atoms with van der Waals surface area (Å²) in [7, 11) is 0. The van der Waals surface area contributed by atoms with Crippen molar-refractivity contribution in [1.29, 1.82) is 0 Å². The second-order valence-electron chi connectivity index (χ2n) is 6.73. The molecular weight excluding hydrogens is 318 g/mol. The maximum absolute atomic E-state index is 12.6. The number of rotatable bonds is 2. The molecule has 0 spiro atoms. The highest BCUT2D eigenvalue weighted by atomic mass is 16.2. The van der Waals surface area contributed by atoms with E-state index in [2.05, 4.69) is 0 Å². The molecule has 2 aliphatic rings. The number of carbonyl (C=O) groups is 3. The van der Waals surface area contributed by atoms with Crippen LogP contribution >= 0.6 is 0 Å². The molecule has 0 aromatic heterocycles. The fourth-order valence-electron chi connectivity index (χ4n) is 3.44. The molecule has 134 valence electrons. The molecule has 3 rings (SSSR count). The summed E-state index contributed by atoms with van der Waals surface area (Å²) in [5.41, 5.74) is 1.23. The zero-order valence-electron chi connectivity index (χ0n) is 14.7. The van der Waals surface area contributed by atoms with Gasteiger partial charge in [-0.25, -0.2) is 0 Å². The first kappa shape index (κ1) is 17.5. The van der Waals surface area contributed by atoms with Crippen LogP contribution in [0.15, 0.2) is 24.3 Å². The minimum Gasteiger partial charge on any atom is -0.339 e. The van der Waals surface area contributed by atoms with Gasteiger partial charge in [-0.15, -0.1) is 0 Å². The van der Waals surface area contributed by atoms with Gasteiger partial charge in [-0.3, -0.25) is 14.4 Å². The summed E-state index contributed by atoms with van der Waals surface area (Å²) in [4.78, 5) is 41.8. The third kappa shape index (κ3) is 4.00. The quantitative estimate of drug-likeness (QED) is 0.820. The SMILES string of the molecule is CC(=O)N1CCN(C(=O)c2ccc(C(=O)N3CCCCC3)cc2)CC1. The Kier molecular flexibility index (Phi) is 5.36. The van der Waals surface area contributed by atoms with E-state index in [1.54, 1.807) is 41.0 Å². The van der Waals surface area contributed by atoms with Gasteiger partial charge in [-0.2, -0.15) is 0 Å². The molecular formula is C19H25N3O3. The van der Waals surface area contributed by atoms with Crippen molar-refractivity contribution in [3.63, 3.8) is 0 Å². The van der Waals surface area contributed by atoms with E-state index in [1.165, 1.54) is 6.42 Å². The number of benzene rings is 1. The Hall–Kier alpha value is -2.37. The largest absolute Gasteiger partial charge is 0.339 e. The summed E-state index contributed by atoms with van der Waals surface area (Å²) in [6.07, 6.45) is 3.32. The molecule has 2 saturated heterocycles. The van der Waals surface area contributed by atoms with Crippen LogP contribution in [0.2, 0.25) is 0 Å². The van der Waals surface area contributed by atoms with Gasteiger partial charge in [0.2, 0.25) is 5.91 Å². The van der Waals surface area contributed by atoms with Gasteiger partial charge in [-0.05, 0) is 43.5 Å². The monoisotopic (exact) mass is 343 g/mol. The lowest BCUT2D eigenvalue weighted by atomic mass is 10.1. The van der Waals surface area contributed by atoms with Gasteiger partial charge < -0.3 is 14.7 Å². The van der Waals surface area contributed by atoms with Gasteiger partial charge in [0.25, 0.3) is 11.8 Å². The molecule has 0 N–H and O–H groups in total. The predicted molar refractivity (Wildman–Crippen MR) is 94.4 cm³/mol. The number of piperazine rings is 1. The van der Waals surface area contributed by atoms with Gasteiger partial charge in [0.15, 0.2) is 0 Å². The van der Waals surface area contributed by atoms with Crippen molar-refractivity contribution in [1.82, 2.24) is 14.7 Å². The lowest BCUT2D eigenvalue weighted by molar-refractivity contribution is -0.130. The lowest BCUT2D eigenvalue weighted by Crippen LogP contribution is -2.50. The molecule has 0 unspecified atom stereocenters. The molecule has 0 aliphatic carbocycles. The molecule has 2 aliphatic heterocycles. The number of nitrogens with zero attached hydrogens (tertiary/aromatic N) is 3. The Balaban J connectivity index is 1.61. The highest BCUT2D eigenvalue weighted by Crippen LogP contribution is 2.15. The fourth-order valence-corrected chi connectivity index (χ4v) is 3.44. The molecule has 6 heteroatoms. The Morgan fingerprint density at radius 3 is 1.48 bits per heavy atom. The average molecular weight is 343 g/mol. The standard InChI is InChI=1S/C19H25N3O3/c1-15(23)20-11-13-22(14-12-20)19(25)17-7-5-16(6-8-17)18(24)21-9-3-2-4-10-21/h5-8H,2-4,9-14H2,1H3. The fraction of sp³-hybridized carbons (Fsp3) is 0.526. The highest BCUT2D eigenvalue weighted by molar-refractivity contribution is 5.98. The minimum absolute atomic E-state index is 0.0415. The van der Waals surface area contributed by atoms with Crippen LogP contribution in [0.5, 0.6) is 0 Å². The first-order chi connectivity index (χ1) is 12.1. The number of hydrogen-bond donors (Lipinski definition) is 0. The first-order valence-corrected chi connectivity index (χ1v) is 9.00. The van der Waals surface area contributed by atoms with E-state index in [0.717, 1.165) is 25.9 Å². The minimum atomic E-state index is -0.0415. The van der Waals surface area contributed by atoms with Crippen molar-refractivity contribution >= 4 is 17.7 Å². The summed E-state index contributed by atoms with van der Waals surface area (Å²) < 4.78 is 0. The summed E-state index contributed by atoms with van der Waals surface area (Å²) >= 11 is 0. The number of hydrogen-bond acceptors (Lipinski definition) is 3. The van der Waals surface area contributed by atoms with E-state index >= 15 is 0 Å². The zero-order chi connectivity index (χ0) is 17.8. The molecule has 25 heavy (non-hydrogen) atoms. The molecule has 0 bridgehead atoms. The second kappa shape index (κ2) is 7.68. The normalized spacial score (nSPS) is 18.2. The van der Waals surface area contributed by atoms with Crippen LogP contribution in [0.25, 0.3) is 0 Å². The number of carbonyl (C=O) groups excluding carboxylic acids is 3. The predicted octanol–water partition coefficient (Wildman–Crippen LogP) is 1.62. The second-order valence-corrected chi connectivity index (χ2v) is 6.73. The molecule has 2 fully saturated rings. The molecule has 3 amide bonds. The van der Waals surface area contributed by atoms with Crippen LogP contribution in [-0.2, 0) is 4.79 Å². The third-order valence-electron chi connectivity index (χ3n) is 5.03. The van der Waals surface area contributed by atoms with E-state index in [-0.39, 0.29) is 17.7 Å². The van der Waals surface area contributed by atoms with Gasteiger partial charge >= 0.3 is 0 Å². The Morgan fingerprint density at radius 2 is 1.04 bits per heavy atom. The van der Waals surface area contributed by atoms with Gasteiger partial charge in [0.05, 0.1) is 0 Å². The van der Waals surface area contributed by atoms with Crippen LogP contribution in [0.1, 0.15) is 46.9 Å². The number of likely N-dealkylation sites (tertiary alicyclic amines) is 1. The van der Waals surface area contributed by atoms with E-state index in [4.69, 9.17) is 0 Å². The van der Waals surface area contributed by atoms with E-state index in [1.807, 2.05) is 4.90 Å². The Labute approximate surface area is 148 Å². The van der Waals surface area contributed by atoms with Crippen LogP contribution in [-0.4, -0.2) is 71.7 Å². The average Bonchev–Trinajstić information content (AvgIpc) is 2.67. The van der Waals surface area contributed by atoms with E-state index in [0.29, 0.717) is 37.3 Å². The molecule has 1 aromatic rings. The van der Waals surface area contributed by atoms with Crippen molar-refractivity contribution in [2.75, 3.05) is 39.3 Å². The Morgan fingerprint density at radius 1 is 0.640 bits per heavy atom. The van der Waals surface area contributed by atoms with Crippen molar-refractivity contribution in [3.8, 4) is 0 Å². The summed E-state index contributed by atoms with van der Waals surface area (Å²) in [6.45, 7) is 5.44. The lowest BCUT2D eigenvalue weighted by Gasteiger charge is -2.34. The van der Waals surface area contributed by atoms with Crippen molar-refractivity contribution in [2.45, 2.75) is 26.2 Å². The molecule has 2 heterocycles. The van der Waals surface area contributed by atoms with Crippen LogP contribution < -0.4 is 0 Å². The van der Waals surface area contributed by atoms with Crippen molar-refractivity contribution < 1.29 is 14.4 Å². The number of amides is 3. The highest BCUT2D eigenvalue weighted by Gasteiger charge is 2.24. The first-order valence-electron chi connectivity index (χ1n) is 9.00. The summed E-state index contributed by atoms with van der Waals surface area (Å²) in [5, 5.41) is 0. The van der Waals surface area contributed by atoms with Gasteiger partial charge in [0, 0.05) is 57.3 Å². The van der Waals surface area contributed by atoms with Crippen LogP contribution in [0.3, 0.4) is 0 Å². The smallest absolute Gasteiger partial charge is 0.253 e.